The quantitative estimate of drug-likeness (QED) is 0.525. The molecule has 1 aromatic rings. The minimum atomic E-state index is -4.68. The number of amides is 4. The summed E-state index contributed by atoms with van der Waals surface area (Å²) >= 11 is 0. The first-order valence-corrected chi connectivity index (χ1v) is 10.2. The zero-order chi connectivity index (χ0) is 23.7. The smallest absolute Gasteiger partial charge is 0.418 e. The second kappa shape index (κ2) is 8.79. The van der Waals surface area contributed by atoms with Crippen LogP contribution in [-0.4, -0.2) is 46.9 Å². The van der Waals surface area contributed by atoms with Crippen LogP contribution in [0.5, 0.6) is 0 Å². The average Bonchev–Trinajstić information content (AvgIpc) is 2.94. The number of carbonyl (C=O) groups excluding carboxylic acids is 4. The van der Waals surface area contributed by atoms with Crippen LogP contribution in [0, 0.1) is 5.92 Å². The van der Waals surface area contributed by atoms with Crippen LogP contribution >= 0.6 is 0 Å². The van der Waals surface area contributed by atoms with E-state index in [1.54, 1.807) is 0 Å². The van der Waals surface area contributed by atoms with Crippen LogP contribution in [0.25, 0.3) is 0 Å². The maximum absolute atomic E-state index is 13.1. The fourth-order valence-corrected chi connectivity index (χ4v) is 3.90. The Morgan fingerprint density at radius 3 is 2.50 bits per heavy atom. The number of esters is 1. The number of rotatable bonds is 5. The van der Waals surface area contributed by atoms with Gasteiger partial charge in [0.15, 0.2) is 6.10 Å². The van der Waals surface area contributed by atoms with E-state index in [-0.39, 0.29) is 0 Å². The topological polar surface area (TPSA) is 105 Å². The summed E-state index contributed by atoms with van der Waals surface area (Å²) in [5.74, 6) is -2.08. The molecule has 2 aliphatic rings. The first-order chi connectivity index (χ1) is 14.9. The number of hydrogen-bond donors (Lipinski definition) is 2. The minimum Gasteiger partial charge on any atom is -0.451 e. The standard InChI is InChI=1S/C21H24F3N3O5/c1-12-7-9-20(10-8-12)18(30)27(19(31)26-20)11-16(28)32-13(2)17(29)25-15-6-4-3-5-14(15)21(22,23)24/h3-6,12-13H,7-11H2,1-2H3,(H,25,29)(H,26,31). The van der Waals surface area contributed by atoms with E-state index in [2.05, 4.69) is 17.6 Å². The summed E-state index contributed by atoms with van der Waals surface area (Å²) in [7, 11) is 0. The molecule has 1 aromatic carbocycles. The zero-order valence-electron chi connectivity index (χ0n) is 17.6. The number of hydrogen-bond acceptors (Lipinski definition) is 5. The average molecular weight is 455 g/mol. The van der Waals surface area contributed by atoms with Crippen molar-refractivity contribution < 1.29 is 37.1 Å². The van der Waals surface area contributed by atoms with Crippen LogP contribution in [0.1, 0.15) is 45.1 Å². The summed E-state index contributed by atoms with van der Waals surface area (Å²) in [5.41, 5.74) is -2.54. The Morgan fingerprint density at radius 1 is 1.25 bits per heavy atom. The van der Waals surface area contributed by atoms with Crippen molar-refractivity contribution in [3.63, 3.8) is 0 Å². The molecule has 1 heterocycles. The van der Waals surface area contributed by atoms with Gasteiger partial charge in [-0.1, -0.05) is 19.1 Å². The van der Waals surface area contributed by atoms with Gasteiger partial charge in [-0.15, -0.1) is 0 Å². The van der Waals surface area contributed by atoms with Gasteiger partial charge in [0.25, 0.3) is 11.8 Å². The van der Waals surface area contributed by atoms with Gasteiger partial charge in [-0.3, -0.25) is 19.3 Å². The molecule has 1 saturated heterocycles. The molecule has 4 amide bonds. The number of halogens is 3. The third-order valence-electron chi connectivity index (χ3n) is 5.83. The molecule has 8 nitrogen and oxygen atoms in total. The SMILES string of the molecule is CC1CCC2(CC1)NC(=O)N(CC(=O)OC(C)C(=O)Nc1ccccc1C(F)(F)F)C2=O. The number of nitrogens with zero attached hydrogens (tertiary/aromatic N) is 1. The minimum absolute atomic E-state index is 0.436. The van der Waals surface area contributed by atoms with E-state index in [0.717, 1.165) is 29.9 Å². The van der Waals surface area contributed by atoms with Gasteiger partial charge in [-0.2, -0.15) is 13.2 Å². The van der Waals surface area contributed by atoms with Gasteiger partial charge in [0, 0.05) is 0 Å². The summed E-state index contributed by atoms with van der Waals surface area (Å²) in [6, 6.07) is 3.68. The van der Waals surface area contributed by atoms with Crippen molar-refractivity contribution in [3.05, 3.63) is 29.8 Å². The molecule has 174 valence electrons. The van der Waals surface area contributed by atoms with Crippen molar-refractivity contribution in [1.29, 1.82) is 0 Å². The lowest BCUT2D eigenvalue weighted by Crippen LogP contribution is -2.49. The van der Waals surface area contributed by atoms with E-state index in [1.807, 2.05) is 0 Å². The van der Waals surface area contributed by atoms with Crippen LogP contribution in [0.4, 0.5) is 23.7 Å². The molecule has 1 aliphatic carbocycles. The summed E-state index contributed by atoms with van der Waals surface area (Å²) in [6.45, 7) is 2.54. The van der Waals surface area contributed by atoms with E-state index in [1.165, 1.54) is 19.1 Å². The lowest BCUT2D eigenvalue weighted by molar-refractivity contribution is -0.155. The second-order valence-corrected chi connectivity index (χ2v) is 8.25. The molecular weight excluding hydrogens is 431 g/mol. The summed E-state index contributed by atoms with van der Waals surface area (Å²) in [6.07, 6.45) is -3.65. The van der Waals surface area contributed by atoms with Gasteiger partial charge in [-0.05, 0) is 50.7 Å². The number of carbonyl (C=O) groups is 4. The molecule has 32 heavy (non-hydrogen) atoms. The van der Waals surface area contributed by atoms with Gasteiger partial charge in [0.2, 0.25) is 0 Å². The number of urea groups is 1. The molecular formula is C21H24F3N3O5. The first kappa shape index (κ1) is 23.6. The summed E-state index contributed by atoms with van der Waals surface area (Å²) < 4.78 is 44.2. The second-order valence-electron chi connectivity index (χ2n) is 8.25. The number of para-hydroxylation sites is 1. The fourth-order valence-electron chi connectivity index (χ4n) is 3.90. The Balaban J connectivity index is 1.59. The molecule has 3 rings (SSSR count). The number of benzene rings is 1. The molecule has 1 saturated carbocycles. The van der Waals surface area contributed by atoms with Crippen LogP contribution in [0.15, 0.2) is 24.3 Å². The number of ether oxygens (including phenoxy) is 1. The fraction of sp³-hybridized carbons (Fsp3) is 0.524. The molecule has 1 aliphatic heterocycles. The largest absolute Gasteiger partial charge is 0.451 e. The van der Waals surface area contributed by atoms with Gasteiger partial charge in [0.1, 0.15) is 12.1 Å². The highest BCUT2D eigenvalue weighted by atomic mass is 19.4. The lowest BCUT2D eigenvalue weighted by atomic mass is 9.77. The molecule has 1 spiro atoms. The predicted octanol–water partition coefficient (Wildman–Crippen LogP) is 3.08. The van der Waals surface area contributed by atoms with Gasteiger partial charge < -0.3 is 15.4 Å². The normalized spacial score (nSPS) is 24.3. The molecule has 2 N–H and O–H groups in total. The maximum Gasteiger partial charge on any atom is 0.418 e. The van der Waals surface area contributed by atoms with Crippen molar-refractivity contribution >= 4 is 29.5 Å². The zero-order valence-corrected chi connectivity index (χ0v) is 17.6. The molecule has 2 fully saturated rings. The van der Waals surface area contributed by atoms with E-state index in [4.69, 9.17) is 4.74 Å². The Bertz CT molecular complexity index is 926. The van der Waals surface area contributed by atoms with Crippen molar-refractivity contribution in [1.82, 2.24) is 10.2 Å². The molecule has 0 bridgehead atoms. The van der Waals surface area contributed by atoms with E-state index in [0.29, 0.717) is 18.8 Å². The van der Waals surface area contributed by atoms with E-state index < -0.39 is 59.4 Å². The van der Waals surface area contributed by atoms with Crippen molar-refractivity contribution in [3.8, 4) is 0 Å². The Hall–Kier alpha value is -3.11. The third-order valence-corrected chi connectivity index (χ3v) is 5.83. The number of alkyl halides is 3. The molecule has 0 aromatic heterocycles. The van der Waals surface area contributed by atoms with Crippen molar-refractivity contribution in [2.45, 2.75) is 57.3 Å². The Kier molecular flexibility index (Phi) is 6.47. The van der Waals surface area contributed by atoms with E-state index >= 15 is 0 Å². The summed E-state index contributed by atoms with van der Waals surface area (Å²) in [5, 5.41) is 4.76. The number of imide groups is 1. The van der Waals surface area contributed by atoms with Gasteiger partial charge in [-0.25, -0.2) is 4.79 Å². The first-order valence-electron chi connectivity index (χ1n) is 10.2. The van der Waals surface area contributed by atoms with Crippen molar-refractivity contribution in [2.24, 2.45) is 5.92 Å². The Morgan fingerprint density at radius 2 is 1.88 bits per heavy atom. The highest BCUT2D eigenvalue weighted by Gasteiger charge is 2.52. The van der Waals surface area contributed by atoms with Gasteiger partial charge in [0.05, 0.1) is 11.3 Å². The van der Waals surface area contributed by atoms with Crippen LogP contribution < -0.4 is 10.6 Å². The van der Waals surface area contributed by atoms with Crippen LogP contribution in [0.3, 0.4) is 0 Å². The van der Waals surface area contributed by atoms with Crippen LogP contribution in [-0.2, 0) is 25.3 Å². The molecule has 11 heteroatoms. The molecule has 1 atom stereocenters. The van der Waals surface area contributed by atoms with Gasteiger partial charge >= 0.3 is 18.2 Å². The molecule has 0 radical (unpaired) electrons. The summed E-state index contributed by atoms with van der Waals surface area (Å²) in [4.78, 5) is 50.3. The van der Waals surface area contributed by atoms with E-state index in [9.17, 15) is 32.3 Å². The maximum atomic E-state index is 13.1. The lowest BCUT2D eigenvalue weighted by Gasteiger charge is -2.33. The Labute approximate surface area is 182 Å². The predicted molar refractivity (Wildman–Crippen MR) is 106 cm³/mol. The number of anilines is 1. The third kappa shape index (κ3) is 4.86. The van der Waals surface area contributed by atoms with Crippen LogP contribution in [0.2, 0.25) is 0 Å². The van der Waals surface area contributed by atoms with Crippen molar-refractivity contribution in [2.75, 3.05) is 11.9 Å². The monoisotopic (exact) mass is 455 g/mol. The highest BCUT2D eigenvalue weighted by Crippen LogP contribution is 2.36. The molecule has 1 unspecified atom stereocenters. The highest BCUT2D eigenvalue weighted by molar-refractivity contribution is 6.09. The number of nitrogens with one attached hydrogen (secondary N) is 2.